The molecular weight excluding hydrogens is 202 g/mol. The number of aryl methyl sites for hydroxylation is 1. The van der Waals surface area contributed by atoms with Crippen LogP contribution in [-0.2, 0) is 4.74 Å². The molecule has 4 nitrogen and oxygen atoms in total. The fraction of sp³-hybridized carbons (Fsp3) is 0.750. The summed E-state index contributed by atoms with van der Waals surface area (Å²) in [6.45, 7) is 4.73. The quantitative estimate of drug-likeness (QED) is 0.798. The minimum absolute atomic E-state index is 0.112. The average molecular weight is 221 g/mol. The third kappa shape index (κ3) is 1.76. The predicted molar refractivity (Wildman–Crippen MR) is 61.5 cm³/mol. The van der Waals surface area contributed by atoms with Crippen LogP contribution in [0.5, 0.6) is 0 Å². The van der Waals surface area contributed by atoms with Crippen LogP contribution in [0.4, 0.5) is 0 Å². The SMILES string of the molecule is Cc1[nH]c(C2CNCCO2)nc1C1CCC1. The molecule has 3 rings (SSSR count). The van der Waals surface area contributed by atoms with Gasteiger partial charge in [0.25, 0.3) is 0 Å². The van der Waals surface area contributed by atoms with Crippen LogP contribution in [0.2, 0.25) is 0 Å². The van der Waals surface area contributed by atoms with Crippen molar-refractivity contribution < 1.29 is 4.74 Å². The third-order valence-electron chi connectivity index (χ3n) is 3.67. The first-order valence-corrected chi connectivity index (χ1v) is 6.23. The maximum Gasteiger partial charge on any atom is 0.137 e. The normalized spacial score (nSPS) is 26.7. The van der Waals surface area contributed by atoms with Gasteiger partial charge >= 0.3 is 0 Å². The van der Waals surface area contributed by atoms with E-state index in [0.717, 1.165) is 25.5 Å². The van der Waals surface area contributed by atoms with Gasteiger partial charge in [0.2, 0.25) is 0 Å². The lowest BCUT2D eigenvalue weighted by atomic mass is 9.82. The lowest BCUT2D eigenvalue weighted by Crippen LogP contribution is -2.33. The number of hydrogen-bond donors (Lipinski definition) is 2. The average Bonchev–Trinajstić information content (AvgIpc) is 2.60. The van der Waals surface area contributed by atoms with Gasteiger partial charge in [0.15, 0.2) is 0 Å². The van der Waals surface area contributed by atoms with Crippen molar-refractivity contribution in [2.45, 2.75) is 38.2 Å². The Bertz CT molecular complexity index is 364. The molecule has 16 heavy (non-hydrogen) atoms. The Labute approximate surface area is 95.8 Å². The van der Waals surface area contributed by atoms with Crippen molar-refractivity contribution in [3.05, 3.63) is 17.2 Å². The van der Waals surface area contributed by atoms with E-state index in [2.05, 4.69) is 17.2 Å². The Kier molecular flexibility index (Phi) is 2.69. The van der Waals surface area contributed by atoms with Gasteiger partial charge in [-0.05, 0) is 19.8 Å². The van der Waals surface area contributed by atoms with Gasteiger partial charge in [-0.25, -0.2) is 4.98 Å². The minimum atomic E-state index is 0.112. The smallest absolute Gasteiger partial charge is 0.137 e. The number of hydrogen-bond acceptors (Lipinski definition) is 3. The van der Waals surface area contributed by atoms with Crippen molar-refractivity contribution in [1.82, 2.24) is 15.3 Å². The van der Waals surface area contributed by atoms with Crippen LogP contribution in [0.15, 0.2) is 0 Å². The van der Waals surface area contributed by atoms with E-state index in [1.54, 1.807) is 0 Å². The Morgan fingerprint density at radius 3 is 2.88 bits per heavy atom. The number of morpholine rings is 1. The van der Waals surface area contributed by atoms with Crippen LogP contribution >= 0.6 is 0 Å². The van der Waals surface area contributed by atoms with E-state index in [1.807, 2.05) is 0 Å². The summed E-state index contributed by atoms with van der Waals surface area (Å²) < 4.78 is 5.71. The molecule has 2 fully saturated rings. The van der Waals surface area contributed by atoms with Crippen LogP contribution < -0.4 is 5.32 Å². The molecular formula is C12H19N3O. The molecule has 1 aliphatic heterocycles. The van der Waals surface area contributed by atoms with E-state index in [-0.39, 0.29) is 6.10 Å². The minimum Gasteiger partial charge on any atom is -0.368 e. The maximum atomic E-state index is 5.71. The van der Waals surface area contributed by atoms with Crippen molar-refractivity contribution in [3.63, 3.8) is 0 Å². The zero-order chi connectivity index (χ0) is 11.0. The number of ether oxygens (including phenoxy) is 1. The zero-order valence-corrected chi connectivity index (χ0v) is 9.75. The first-order valence-electron chi connectivity index (χ1n) is 6.23. The molecule has 1 unspecified atom stereocenters. The van der Waals surface area contributed by atoms with E-state index in [9.17, 15) is 0 Å². The molecule has 0 bridgehead atoms. The number of aromatic amines is 1. The van der Waals surface area contributed by atoms with Gasteiger partial charge in [0, 0.05) is 24.7 Å². The second kappa shape index (κ2) is 4.18. The van der Waals surface area contributed by atoms with E-state index in [1.165, 1.54) is 30.7 Å². The number of aromatic nitrogens is 2. The molecule has 2 aliphatic rings. The molecule has 1 atom stereocenters. The topological polar surface area (TPSA) is 49.9 Å². The Balaban J connectivity index is 1.79. The van der Waals surface area contributed by atoms with Gasteiger partial charge in [0.05, 0.1) is 12.3 Å². The number of rotatable bonds is 2. The largest absolute Gasteiger partial charge is 0.368 e. The van der Waals surface area contributed by atoms with Crippen LogP contribution in [0.25, 0.3) is 0 Å². The van der Waals surface area contributed by atoms with Crippen LogP contribution in [0.3, 0.4) is 0 Å². The van der Waals surface area contributed by atoms with Crippen LogP contribution in [-0.4, -0.2) is 29.7 Å². The van der Waals surface area contributed by atoms with E-state index >= 15 is 0 Å². The first kappa shape index (κ1) is 10.3. The number of H-pyrrole nitrogens is 1. The molecule has 2 N–H and O–H groups in total. The van der Waals surface area contributed by atoms with Gasteiger partial charge in [-0.15, -0.1) is 0 Å². The van der Waals surface area contributed by atoms with E-state index in [0.29, 0.717) is 5.92 Å². The molecule has 1 saturated heterocycles. The predicted octanol–water partition coefficient (Wildman–Crippen LogP) is 1.65. The standard InChI is InChI=1S/C12H19N3O/c1-8-11(9-3-2-4-9)15-12(14-8)10-7-13-5-6-16-10/h9-10,13H,2-7H2,1H3,(H,14,15). The molecule has 1 aromatic heterocycles. The summed E-state index contributed by atoms with van der Waals surface area (Å²) in [5, 5.41) is 3.33. The highest BCUT2D eigenvalue weighted by molar-refractivity contribution is 5.20. The highest BCUT2D eigenvalue weighted by atomic mass is 16.5. The van der Waals surface area contributed by atoms with Crippen molar-refractivity contribution in [3.8, 4) is 0 Å². The Hall–Kier alpha value is -0.870. The summed E-state index contributed by atoms with van der Waals surface area (Å²) in [7, 11) is 0. The molecule has 0 spiro atoms. The highest BCUT2D eigenvalue weighted by Gasteiger charge is 2.26. The van der Waals surface area contributed by atoms with Crippen molar-refractivity contribution in [1.29, 1.82) is 0 Å². The summed E-state index contributed by atoms with van der Waals surface area (Å²) in [6.07, 6.45) is 4.07. The van der Waals surface area contributed by atoms with Crippen molar-refractivity contribution >= 4 is 0 Å². The third-order valence-corrected chi connectivity index (χ3v) is 3.67. The molecule has 2 heterocycles. The lowest BCUT2D eigenvalue weighted by molar-refractivity contribution is 0.0225. The number of imidazole rings is 1. The molecule has 88 valence electrons. The lowest BCUT2D eigenvalue weighted by Gasteiger charge is -2.24. The number of nitrogens with one attached hydrogen (secondary N) is 2. The second-order valence-corrected chi connectivity index (χ2v) is 4.82. The zero-order valence-electron chi connectivity index (χ0n) is 9.75. The fourth-order valence-corrected chi connectivity index (χ4v) is 2.47. The monoisotopic (exact) mass is 221 g/mol. The first-order chi connectivity index (χ1) is 7.84. The molecule has 0 radical (unpaired) electrons. The summed E-state index contributed by atoms with van der Waals surface area (Å²) in [5.41, 5.74) is 2.50. The summed E-state index contributed by atoms with van der Waals surface area (Å²) >= 11 is 0. The molecule has 1 aromatic rings. The molecule has 1 saturated carbocycles. The Morgan fingerprint density at radius 2 is 2.25 bits per heavy atom. The summed E-state index contributed by atoms with van der Waals surface area (Å²) in [5.74, 6) is 1.70. The Morgan fingerprint density at radius 1 is 1.38 bits per heavy atom. The van der Waals surface area contributed by atoms with Gasteiger partial charge in [0.1, 0.15) is 11.9 Å². The molecule has 1 aliphatic carbocycles. The van der Waals surface area contributed by atoms with Crippen molar-refractivity contribution in [2.75, 3.05) is 19.7 Å². The van der Waals surface area contributed by atoms with Gasteiger partial charge in [-0.1, -0.05) is 6.42 Å². The molecule has 4 heteroatoms. The fourth-order valence-electron chi connectivity index (χ4n) is 2.47. The highest BCUT2D eigenvalue weighted by Crippen LogP contribution is 2.37. The summed E-state index contributed by atoms with van der Waals surface area (Å²) in [6, 6.07) is 0. The second-order valence-electron chi connectivity index (χ2n) is 4.82. The molecule has 0 aromatic carbocycles. The van der Waals surface area contributed by atoms with E-state index < -0.39 is 0 Å². The number of nitrogens with zero attached hydrogens (tertiary/aromatic N) is 1. The molecule has 0 amide bonds. The van der Waals surface area contributed by atoms with Gasteiger partial charge < -0.3 is 15.0 Å². The van der Waals surface area contributed by atoms with Gasteiger partial charge in [-0.3, -0.25) is 0 Å². The summed E-state index contributed by atoms with van der Waals surface area (Å²) in [4.78, 5) is 8.12. The van der Waals surface area contributed by atoms with Crippen LogP contribution in [0, 0.1) is 6.92 Å². The van der Waals surface area contributed by atoms with Gasteiger partial charge in [-0.2, -0.15) is 0 Å². The van der Waals surface area contributed by atoms with Crippen molar-refractivity contribution in [2.24, 2.45) is 0 Å². The van der Waals surface area contributed by atoms with E-state index in [4.69, 9.17) is 9.72 Å². The maximum absolute atomic E-state index is 5.71. The van der Waals surface area contributed by atoms with Crippen LogP contribution in [0.1, 0.15) is 48.5 Å².